The fourth-order valence-electron chi connectivity index (χ4n) is 3.17. The van der Waals surface area contributed by atoms with Crippen LogP contribution in [0.5, 0.6) is 0 Å². The molecule has 1 saturated carbocycles. The van der Waals surface area contributed by atoms with Crippen LogP contribution in [0.2, 0.25) is 0 Å². The fourth-order valence-corrected chi connectivity index (χ4v) is 3.17. The van der Waals surface area contributed by atoms with E-state index in [2.05, 4.69) is 31.3 Å². The number of hydrogen-bond acceptors (Lipinski definition) is 2. The molecule has 0 radical (unpaired) electrons. The molecule has 102 valence electrons. The minimum atomic E-state index is 0.174. The van der Waals surface area contributed by atoms with Gasteiger partial charge in [-0.25, -0.2) is 0 Å². The third-order valence-electron chi connectivity index (χ3n) is 4.63. The molecule has 3 N–H and O–H groups in total. The van der Waals surface area contributed by atoms with Crippen LogP contribution in [-0.2, 0) is 11.2 Å². The van der Waals surface area contributed by atoms with Crippen LogP contribution in [0.1, 0.15) is 50.3 Å². The number of carbonyl (C=O) groups is 1. The lowest BCUT2D eigenvalue weighted by Crippen LogP contribution is -2.33. The van der Waals surface area contributed by atoms with Crippen molar-refractivity contribution in [3.63, 3.8) is 0 Å². The van der Waals surface area contributed by atoms with Gasteiger partial charge in [-0.2, -0.15) is 0 Å². The number of amides is 1. The molecule has 0 bridgehead atoms. The van der Waals surface area contributed by atoms with E-state index >= 15 is 0 Å². The summed E-state index contributed by atoms with van der Waals surface area (Å²) >= 11 is 0. The van der Waals surface area contributed by atoms with Crippen LogP contribution in [0.4, 0.5) is 5.69 Å². The normalized spacial score (nSPS) is 27.5. The molecule has 1 fully saturated rings. The molecule has 0 saturated heterocycles. The third-order valence-corrected chi connectivity index (χ3v) is 4.63. The summed E-state index contributed by atoms with van der Waals surface area (Å²) in [5.74, 6) is 0.423. The lowest BCUT2D eigenvalue weighted by molar-refractivity contribution is -0.123. The van der Waals surface area contributed by atoms with Crippen molar-refractivity contribution < 1.29 is 4.79 Å². The Kier molecular flexibility index (Phi) is 2.80. The van der Waals surface area contributed by atoms with Gasteiger partial charge < -0.3 is 11.1 Å². The Morgan fingerprint density at radius 3 is 2.84 bits per heavy atom. The highest BCUT2D eigenvalue weighted by atomic mass is 16.2. The zero-order valence-corrected chi connectivity index (χ0v) is 11.7. The molecule has 0 aliphatic heterocycles. The molecule has 1 amide bonds. The summed E-state index contributed by atoms with van der Waals surface area (Å²) in [6, 6.07) is 6.24. The highest BCUT2D eigenvalue weighted by Gasteiger charge is 2.50. The van der Waals surface area contributed by atoms with E-state index in [1.54, 1.807) is 0 Å². The first-order chi connectivity index (χ1) is 8.97. The van der Waals surface area contributed by atoms with Gasteiger partial charge in [-0.05, 0) is 54.4 Å². The summed E-state index contributed by atoms with van der Waals surface area (Å²) < 4.78 is 0. The van der Waals surface area contributed by atoms with E-state index in [1.807, 2.05) is 6.07 Å². The van der Waals surface area contributed by atoms with Crippen LogP contribution in [0.25, 0.3) is 0 Å². The monoisotopic (exact) mass is 258 g/mol. The Morgan fingerprint density at radius 1 is 1.42 bits per heavy atom. The lowest BCUT2D eigenvalue weighted by atomic mass is 9.87. The van der Waals surface area contributed by atoms with Crippen LogP contribution in [0, 0.1) is 11.3 Å². The van der Waals surface area contributed by atoms with Crippen molar-refractivity contribution in [2.24, 2.45) is 11.3 Å². The second kappa shape index (κ2) is 4.26. The minimum absolute atomic E-state index is 0.174. The molecule has 0 spiro atoms. The molecule has 0 aromatic heterocycles. The van der Waals surface area contributed by atoms with Crippen LogP contribution in [0.3, 0.4) is 0 Å². The number of hydrogen-bond donors (Lipinski definition) is 2. The van der Waals surface area contributed by atoms with Crippen molar-refractivity contribution in [3.8, 4) is 0 Å². The van der Waals surface area contributed by atoms with Crippen LogP contribution in [0.15, 0.2) is 18.2 Å². The number of rotatable bonds is 2. The molecule has 2 aliphatic carbocycles. The quantitative estimate of drug-likeness (QED) is 0.801. The minimum Gasteiger partial charge on any atom is -0.399 e. The number of aryl methyl sites for hydroxylation is 1. The van der Waals surface area contributed by atoms with Gasteiger partial charge in [0.25, 0.3) is 0 Å². The Labute approximate surface area is 114 Å². The van der Waals surface area contributed by atoms with Crippen molar-refractivity contribution in [2.75, 3.05) is 5.73 Å². The summed E-state index contributed by atoms with van der Waals surface area (Å²) in [5, 5.41) is 3.23. The van der Waals surface area contributed by atoms with E-state index in [0.717, 1.165) is 31.4 Å². The van der Waals surface area contributed by atoms with E-state index < -0.39 is 0 Å². The molecule has 3 heteroatoms. The maximum atomic E-state index is 12.2. The van der Waals surface area contributed by atoms with Crippen molar-refractivity contribution in [3.05, 3.63) is 29.3 Å². The first-order valence-electron chi connectivity index (χ1n) is 7.16. The molecule has 2 aliphatic rings. The molecule has 3 nitrogen and oxygen atoms in total. The highest BCUT2D eigenvalue weighted by Crippen LogP contribution is 2.52. The first-order valence-corrected chi connectivity index (χ1v) is 7.16. The van der Waals surface area contributed by atoms with E-state index in [4.69, 9.17) is 5.73 Å². The first kappa shape index (κ1) is 12.5. The molecule has 2 atom stereocenters. The van der Waals surface area contributed by atoms with Gasteiger partial charge in [-0.1, -0.05) is 19.9 Å². The average molecular weight is 258 g/mol. The third kappa shape index (κ3) is 2.34. The zero-order valence-electron chi connectivity index (χ0n) is 11.7. The topological polar surface area (TPSA) is 55.1 Å². The summed E-state index contributed by atoms with van der Waals surface area (Å²) in [6.45, 7) is 4.32. The zero-order chi connectivity index (χ0) is 13.6. The van der Waals surface area contributed by atoms with Crippen LogP contribution in [-0.4, -0.2) is 5.91 Å². The predicted molar refractivity (Wildman–Crippen MR) is 76.6 cm³/mol. The number of benzene rings is 1. The fraction of sp³-hybridized carbons (Fsp3) is 0.562. The number of nitrogens with two attached hydrogens (primary N) is 1. The molecular weight excluding hydrogens is 236 g/mol. The van der Waals surface area contributed by atoms with Gasteiger partial charge >= 0.3 is 0 Å². The number of nitrogens with one attached hydrogen (secondary N) is 1. The molecule has 0 heterocycles. The molecule has 2 unspecified atom stereocenters. The van der Waals surface area contributed by atoms with Crippen molar-refractivity contribution in [1.82, 2.24) is 5.32 Å². The van der Waals surface area contributed by atoms with E-state index in [-0.39, 0.29) is 23.3 Å². The molecule has 19 heavy (non-hydrogen) atoms. The van der Waals surface area contributed by atoms with Gasteiger partial charge in [-0.15, -0.1) is 0 Å². The average Bonchev–Trinajstić information content (AvgIpc) is 2.98. The van der Waals surface area contributed by atoms with Crippen molar-refractivity contribution >= 4 is 11.6 Å². The number of fused-ring (bicyclic) bond motifs is 1. The number of nitrogen functional groups attached to an aromatic ring is 1. The van der Waals surface area contributed by atoms with E-state index in [1.165, 1.54) is 11.1 Å². The summed E-state index contributed by atoms with van der Waals surface area (Å²) in [4.78, 5) is 12.2. The molecule has 1 aromatic carbocycles. The standard InChI is InChI=1S/C16H22N2O/c1-16(2)9-13(16)15(19)18-14-5-3-4-10-8-11(17)6-7-12(10)14/h6-8,13-14H,3-5,9,17H2,1-2H3,(H,18,19). The van der Waals surface area contributed by atoms with Crippen molar-refractivity contribution in [1.29, 1.82) is 0 Å². The number of carbonyl (C=O) groups excluding carboxylic acids is 1. The maximum Gasteiger partial charge on any atom is 0.224 e. The Balaban J connectivity index is 1.75. The van der Waals surface area contributed by atoms with Gasteiger partial charge in [-0.3, -0.25) is 4.79 Å². The highest BCUT2D eigenvalue weighted by molar-refractivity contribution is 5.82. The largest absolute Gasteiger partial charge is 0.399 e. The van der Waals surface area contributed by atoms with E-state index in [9.17, 15) is 4.79 Å². The van der Waals surface area contributed by atoms with Crippen LogP contribution < -0.4 is 11.1 Å². The molecular formula is C16H22N2O. The predicted octanol–water partition coefficient (Wildman–Crippen LogP) is 2.81. The van der Waals surface area contributed by atoms with Gasteiger partial charge in [0.15, 0.2) is 0 Å². The second-order valence-corrected chi connectivity index (χ2v) is 6.66. The van der Waals surface area contributed by atoms with Gasteiger partial charge in [0.05, 0.1) is 6.04 Å². The smallest absolute Gasteiger partial charge is 0.224 e. The second-order valence-electron chi connectivity index (χ2n) is 6.66. The SMILES string of the molecule is CC1(C)CC1C(=O)NC1CCCc2cc(N)ccc21. The van der Waals surface area contributed by atoms with Gasteiger partial charge in [0.1, 0.15) is 0 Å². The molecule has 3 rings (SSSR count). The van der Waals surface area contributed by atoms with E-state index in [0.29, 0.717) is 0 Å². The van der Waals surface area contributed by atoms with Gasteiger partial charge in [0.2, 0.25) is 5.91 Å². The lowest BCUT2D eigenvalue weighted by Gasteiger charge is -2.27. The summed E-state index contributed by atoms with van der Waals surface area (Å²) in [6.07, 6.45) is 4.24. The summed E-state index contributed by atoms with van der Waals surface area (Å²) in [5.41, 5.74) is 9.40. The Bertz CT molecular complexity index is 521. The number of anilines is 1. The van der Waals surface area contributed by atoms with Gasteiger partial charge in [0, 0.05) is 11.6 Å². The molecule has 1 aromatic rings. The maximum absolute atomic E-state index is 12.2. The Hall–Kier alpha value is -1.51. The summed E-state index contributed by atoms with van der Waals surface area (Å²) in [7, 11) is 0. The Morgan fingerprint density at radius 2 is 2.16 bits per heavy atom. The van der Waals surface area contributed by atoms with Crippen LogP contribution >= 0.6 is 0 Å². The van der Waals surface area contributed by atoms with Crippen molar-refractivity contribution in [2.45, 2.75) is 45.6 Å².